The van der Waals surface area contributed by atoms with Crippen LogP contribution < -0.4 is 5.73 Å². The number of halogens is 1. The molecule has 6 nitrogen and oxygen atoms in total. The smallest absolute Gasteiger partial charge is 0.333 e. The number of aryl methyl sites for hydroxylation is 1. The number of nitrogens with two attached hydrogens (primary N) is 1. The Morgan fingerprint density at radius 2 is 2.06 bits per heavy atom. The highest BCUT2D eigenvalue weighted by Gasteiger charge is 2.22. The summed E-state index contributed by atoms with van der Waals surface area (Å²) >= 11 is 5.78. The predicted octanol–water partition coefficient (Wildman–Crippen LogP) is 2.38. The van der Waals surface area contributed by atoms with Crippen LogP contribution in [0.4, 0.5) is 11.5 Å². The minimum Gasteiger partial charge on any atom is -0.378 e. The number of aromatic nitrogens is 2. The standard InChI is InChI=1S/C11H11ClN4O2/c1-7-10(16(17)18)11(13)15(14-7)6-8-2-4-9(12)5-3-8/h2-5H,6,13H2,1H3. The predicted molar refractivity (Wildman–Crippen MR) is 68.6 cm³/mol. The van der Waals surface area contributed by atoms with Gasteiger partial charge in [0, 0.05) is 5.02 Å². The molecular weight excluding hydrogens is 256 g/mol. The molecule has 2 aromatic rings. The van der Waals surface area contributed by atoms with E-state index in [1.165, 1.54) is 4.68 Å². The molecule has 1 aromatic heterocycles. The fraction of sp³-hybridized carbons (Fsp3) is 0.182. The monoisotopic (exact) mass is 266 g/mol. The Balaban J connectivity index is 2.33. The summed E-state index contributed by atoms with van der Waals surface area (Å²) in [6.45, 7) is 1.94. The van der Waals surface area contributed by atoms with Crippen molar-refractivity contribution in [3.05, 3.63) is 50.7 Å². The minimum absolute atomic E-state index is 0.0625. The Kier molecular flexibility index (Phi) is 3.20. The van der Waals surface area contributed by atoms with Gasteiger partial charge in [-0.15, -0.1) is 0 Å². The lowest BCUT2D eigenvalue weighted by Gasteiger charge is -2.03. The van der Waals surface area contributed by atoms with E-state index in [9.17, 15) is 10.1 Å². The maximum absolute atomic E-state index is 10.8. The molecule has 94 valence electrons. The van der Waals surface area contributed by atoms with Crippen LogP contribution in [0.1, 0.15) is 11.3 Å². The molecule has 0 spiro atoms. The van der Waals surface area contributed by atoms with Gasteiger partial charge in [0.15, 0.2) is 0 Å². The third kappa shape index (κ3) is 2.28. The molecule has 7 heteroatoms. The van der Waals surface area contributed by atoms with Crippen LogP contribution in [-0.2, 0) is 6.54 Å². The van der Waals surface area contributed by atoms with E-state index in [0.29, 0.717) is 17.3 Å². The quantitative estimate of drug-likeness (QED) is 0.682. The number of benzene rings is 1. The van der Waals surface area contributed by atoms with Gasteiger partial charge >= 0.3 is 5.69 Å². The van der Waals surface area contributed by atoms with Crippen LogP contribution in [-0.4, -0.2) is 14.7 Å². The molecule has 2 rings (SSSR count). The first kappa shape index (κ1) is 12.4. The molecule has 2 N–H and O–H groups in total. The Labute approximate surface area is 108 Å². The van der Waals surface area contributed by atoms with Gasteiger partial charge in [-0.05, 0) is 24.6 Å². The maximum Gasteiger partial charge on any atom is 0.333 e. The Morgan fingerprint density at radius 3 is 2.56 bits per heavy atom. The van der Waals surface area contributed by atoms with Gasteiger partial charge in [-0.25, -0.2) is 4.68 Å². The highest BCUT2D eigenvalue weighted by Crippen LogP contribution is 2.25. The fourth-order valence-electron chi connectivity index (χ4n) is 1.70. The third-order valence-corrected chi connectivity index (χ3v) is 2.81. The lowest BCUT2D eigenvalue weighted by molar-refractivity contribution is -0.384. The zero-order valence-electron chi connectivity index (χ0n) is 9.63. The molecule has 0 radical (unpaired) electrons. The highest BCUT2D eigenvalue weighted by atomic mass is 35.5. The van der Waals surface area contributed by atoms with Crippen molar-refractivity contribution < 1.29 is 4.92 Å². The second kappa shape index (κ2) is 4.66. The van der Waals surface area contributed by atoms with E-state index in [2.05, 4.69) is 5.10 Å². The van der Waals surface area contributed by atoms with E-state index < -0.39 is 4.92 Å². The summed E-state index contributed by atoms with van der Waals surface area (Å²) < 4.78 is 1.41. The summed E-state index contributed by atoms with van der Waals surface area (Å²) in [4.78, 5) is 10.3. The average molecular weight is 267 g/mol. The van der Waals surface area contributed by atoms with Gasteiger partial charge in [0.2, 0.25) is 5.82 Å². The summed E-state index contributed by atoms with van der Waals surface area (Å²) in [6.07, 6.45) is 0. The van der Waals surface area contributed by atoms with E-state index in [4.69, 9.17) is 17.3 Å². The van der Waals surface area contributed by atoms with Crippen LogP contribution in [0.15, 0.2) is 24.3 Å². The van der Waals surface area contributed by atoms with E-state index in [-0.39, 0.29) is 11.5 Å². The zero-order valence-corrected chi connectivity index (χ0v) is 10.4. The number of rotatable bonds is 3. The fourth-order valence-corrected chi connectivity index (χ4v) is 1.82. The number of nitro groups is 1. The summed E-state index contributed by atoms with van der Waals surface area (Å²) in [5, 5.41) is 15.5. The second-order valence-corrected chi connectivity index (χ2v) is 4.30. The molecule has 0 aliphatic heterocycles. The van der Waals surface area contributed by atoms with Crippen molar-refractivity contribution in [2.24, 2.45) is 0 Å². The van der Waals surface area contributed by atoms with Crippen molar-refractivity contribution in [1.82, 2.24) is 9.78 Å². The normalized spacial score (nSPS) is 10.6. The van der Waals surface area contributed by atoms with Crippen LogP contribution in [0, 0.1) is 17.0 Å². The molecular formula is C11H11ClN4O2. The van der Waals surface area contributed by atoms with E-state index in [0.717, 1.165) is 5.56 Å². The van der Waals surface area contributed by atoms with Crippen molar-refractivity contribution in [2.75, 3.05) is 5.73 Å². The van der Waals surface area contributed by atoms with Gasteiger partial charge in [0.05, 0.1) is 11.5 Å². The summed E-state index contributed by atoms with van der Waals surface area (Å²) in [7, 11) is 0. The molecule has 0 bridgehead atoms. The van der Waals surface area contributed by atoms with Crippen molar-refractivity contribution in [1.29, 1.82) is 0 Å². The Hall–Kier alpha value is -2.08. The molecule has 0 aliphatic rings. The molecule has 0 fully saturated rings. The topological polar surface area (TPSA) is 87.0 Å². The SMILES string of the molecule is Cc1nn(Cc2ccc(Cl)cc2)c(N)c1[N+](=O)[O-]. The molecule has 0 amide bonds. The lowest BCUT2D eigenvalue weighted by atomic mass is 10.2. The van der Waals surface area contributed by atoms with Crippen LogP contribution in [0.3, 0.4) is 0 Å². The van der Waals surface area contributed by atoms with Gasteiger partial charge in [-0.3, -0.25) is 10.1 Å². The van der Waals surface area contributed by atoms with Crippen LogP contribution >= 0.6 is 11.6 Å². The van der Waals surface area contributed by atoms with Gasteiger partial charge in [0.25, 0.3) is 0 Å². The average Bonchev–Trinajstić information content (AvgIpc) is 2.57. The maximum atomic E-state index is 10.8. The van der Waals surface area contributed by atoms with Crippen molar-refractivity contribution in [3.63, 3.8) is 0 Å². The van der Waals surface area contributed by atoms with Crippen molar-refractivity contribution in [3.8, 4) is 0 Å². The molecule has 0 saturated heterocycles. The van der Waals surface area contributed by atoms with E-state index in [1.54, 1.807) is 19.1 Å². The number of hydrogen-bond acceptors (Lipinski definition) is 4. The number of nitrogen functional groups attached to an aromatic ring is 1. The molecule has 0 unspecified atom stereocenters. The Bertz CT molecular complexity index is 592. The van der Waals surface area contributed by atoms with Crippen LogP contribution in [0.5, 0.6) is 0 Å². The van der Waals surface area contributed by atoms with E-state index >= 15 is 0 Å². The largest absolute Gasteiger partial charge is 0.378 e. The number of nitrogens with zero attached hydrogens (tertiary/aromatic N) is 3. The minimum atomic E-state index is -0.518. The number of anilines is 1. The molecule has 1 heterocycles. The molecule has 18 heavy (non-hydrogen) atoms. The number of hydrogen-bond donors (Lipinski definition) is 1. The van der Waals surface area contributed by atoms with Gasteiger partial charge in [-0.2, -0.15) is 5.10 Å². The van der Waals surface area contributed by atoms with Crippen LogP contribution in [0.2, 0.25) is 5.02 Å². The molecule has 0 aliphatic carbocycles. The van der Waals surface area contributed by atoms with Gasteiger partial charge < -0.3 is 5.73 Å². The van der Waals surface area contributed by atoms with Crippen molar-refractivity contribution in [2.45, 2.75) is 13.5 Å². The highest BCUT2D eigenvalue weighted by molar-refractivity contribution is 6.30. The molecule has 1 aromatic carbocycles. The Morgan fingerprint density at radius 1 is 1.44 bits per heavy atom. The summed E-state index contributed by atoms with van der Waals surface area (Å²) in [6, 6.07) is 7.14. The second-order valence-electron chi connectivity index (χ2n) is 3.86. The molecule has 0 saturated carbocycles. The van der Waals surface area contributed by atoms with Crippen LogP contribution in [0.25, 0.3) is 0 Å². The van der Waals surface area contributed by atoms with E-state index in [1.807, 2.05) is 12.1 Å². The summed E-state index contributed by atoms with van der Waals surface area (Å²) in [5.41, 5.74) is 6.81. The van der Waals surface area contributed by atoms with Gasteiger partial charge in [-0.1, -0.05) is 23.7 Å². The first-order valence-corrected chi connectivity index (χ1v) is 5.58. The van der Waals surface area contributed by atoms with Gasteiger partial charge in [0.1, 0.15) is 5.69 Å². The summed E-state index contributed by atoms with van der Waals surface area (Å²) in [5.74, 6) is 0.0625. The first-order valence-electron chi connectivity index (χ1n) is 5.20. The zero-order chi connectivity index (χ0) is 13.3. The lowest BCUT2D eigenvalue weighted by Crippen LogP contribution is -2.06. The first-order chi connectivity index (χ1) is 8.49. The molecule has 0 atom stereocenters. The van der Waals surface area contributed by atoms with Crippen molar-refractivity contribution >= 4 is 23.1 Å². The third-order valence-electron chi connectivity index (χ3n) is 2.56.